The Morgan fingerprint density at radius 3 is 2.69 bits per heavy atom. The zero-order chi connectivity index (χ0) is 20.8. The number of rotatable bonds is 7. The molecule has 0 atom stereocenters. The average Bonchev–Trinajstić information content (AvgIpc) is 3.24. The van der Waals surface area contributed by atoms with Gasteiger partial charge in [-0.3, -0.25) is 29.8 Å². The molecule has 0 unspecified atom stereocenters. The number of hydrazine groups is 1. The highest BCUT2D eigenvalue weighted by Gasteiger charge is 2.14. The van der Waals surface area contributed by atoms with Crippen LogP contribution in [0.3, 0.4) is 0 Å². The normalized spacial score (nSPS) is 11.0. The van der Waals surface area contributed by atoms with E-state index < -0.39 is 11.8 Å². The second-order valence-corrected chi connectivity index (χ2v) is 7.76. The van der Waals surface area contributed by atoms with Crippen LogP contribution in [0.5, 0.6) is 0 Å². The van der Waals surface area contributed by atoms with Gasteiger partial charge in [0.15, 0.2) is 10.9 Å². The molecule has 8 nitrogen and oxygen atoms in total. The highest BCUT2D eigenvalue weighted by molar-refractivity contribution is 7.99. The molecule has 0 aliphatic heterocycles. The molecule has 1 aromatic carbocycles. The smallest absolute Gasteiger partial charge is 0.305 e. The number of fused-ring (bicyclic) bond motifs is 1. The number of carbonyl (C=O) groups excluding carboxylic acids is 2. The van der Waals surface area contributed by atoms with Crippen LogP contribution >= 0.6 is 11.8 Å². The minimum atomic E-state index is -0.550. The Bertz CT molecular complexity index is 1060. The number of amides is 2. The van der Waals surface area contributed by atoms with Crippen LogP contribution in [-0.2, 0) is 11.3 Å². The van der Waals surface area contributed by atoms with Crippen LogP contribution in [0.2, 0.25) is 0 Å². The van der Waals surface area contributed by atoms with Gasteiger partial charge in [0.1, 0.15) is 0 Å². The van der Waals surface area contributed by atoms with Gasteiger partial charge in [0.25, 0.3) is 5.56 Å². The summed E-state index contributed by atoms with van der Waals surface area (Å²) in [6.07, 6.45) is 2.19. The first-order valence-electron chi connectivity index (χ1n) is 9.20. The van der Waals surface area contributed by atoms with Gasteiger partial charge in [-0.05, 0) is 36.6 Å². The number of hydrogen-bond acceptors (Lipinski definition) is 6. The van der Waals surface area contributed by atoms with E-state index in [1.54, 1.807) is 28.8 Å². The van der Waals surface area contributed by atoms with Crippen molar-refractivity contribution in [1.29, 1.82) is 0 Å². The maximum absolute atomic E-state index is 12.9. The lowest BCUT2D eigenvalue weighted by Crippen LogP contribution is -2.42. The molecule has 0 radical (unpaired) electrons. The fourth-order valence-electron chi connectivity index (χ4n) is 2.60. The fraction of sp³-hybridized carbons (Fsp3) is 0.300. The molecule has 9 heteroatoms. The zero-order valence-corrected chi connectivity index (χ0v) is 17.0. The van der Waals surface area contributed by atoms with Crippen molar-refractivity contribution < 1.29 is 14.0 Å². The van der Waals surface area contributed by atoms with Gasteiger partial charge in [-0.15, -0.1) is 0 Å². The highest BCUT2D eigenvalue weighted by Crippen LogP contribution is 2.18. The van der Waals surface area contributed by atoms with Crippen molar-refractivity contribution in [3.05, 3.63) is 58.8 Å². The Morgan fingerprint density at radius 2 is 1.97 bits per heavy atom. The Balaban J connectivity index is 1.70. The summed E-state index contributed by atoms with van der Waals surface area (Å²) in [5, 5.41) is 1.03. The molecule has 3 aromatic rings. The molecular formula is C20H22N4O4S. The molecule has 2 heterocycles. The van der Waals surface area contributed by atoms with E-state index in [0.717, 1.165) is 18.2 Å². The molecule has 0 aliphatic carbocycles. The number of furan rings is 1. The van der Waals surface area contributed by atoms with Crippen molar-refractivity contribution in [3.63, 3.8) is 0 Å². The Labute approximate surface area is 171 Å². The van der Waals surface area contributed by atoms with Gasteiger partial charge >= 0.3 is 5.91 Å². The largest absolute Gasteiger partial charge is 0.459 e. The Kier molecular flexibility index (Phi) is 6.71. The third-order valence-electron chi connectivity index (χ3n) is 4.15. The van der Waals surface area contributed by atoms with E-state index in [1.165, 1.54) is 12.3 Å². The summed E-state index contributed by atoms with van der Waals surface area (Å²) in [4.78, 5) is 41.4. The monoisotopic (exact) mass is 414 g/mol. The molecule has 0 saturated heterocycles. The molecule has 2 aromatic heterocycles. The number of benzene rings is 1. The molecule has 2 amide bonds. The van der Waals surface area contributed by atoms with Gasteiger partial charge < -0.3 is 4.42 Å². The maximum atomic E-state index is 12.9. The van der Waals surface area contributed by atoms with Crippen molar-refractivity contribution in [2.24, 2.45) is 5.92 Å². The first-order chi connectivity index (χ1) is 14.0. The average molecular weight is 414 g/mol. The van der Waals surface area contributed by atoms with Crippen LogP contribution < -0.4 is 16.4 Å². The standard InChI is InChI=1S/C20H22N4O4S/c1-13(2)9-10-24-19(27)14-6-3-4-7-15(14)21-20(24)29-12-17(25)22-23-18(26)16-8-5-11-28-16/h3-8,11,13H,9-10,12H2,1-2H3,(H,22,25)(H,23,26). The second-order valence-electron chi connectivity index (χ2n) is 6.82. The number of nitrogens with zero attached hydrogens (tertiary/aromatic N) is 2. The molecule has 0 fully saturated rings. The van der Waals surface area contributed by atoms with E-state index in [2.05, 4.69) is 29.7 Å². The lowest BCUT2D eigenvalue weighted by molar-refractivity contribution is -0.119. The summed E-state index contributed by atoms with van der Waals surface area (Å²) >= 11 is 1.15. The van der Waals surface area contributed by atoms with Crippen LogP contribution in [0.1, 0.15) is 30.8 Å². The van der Waals surface area contributed by atoms with Gasteiger partial charge in [-0.2, -0.15) is 0 Å². The van der Waals surface area contributed by atoms with Crippen molar-refractivity contribution in [2.75, 3.05) is 5.75 Å². The van der Waals surface area contributed by atoms with Crippen LogP contribution in [-0.4, -0.2) is 27.1 Å². The number of carbonyl (C=O) groups is 2. The van der Waals surface area contributed by atoms with Gasteiger partial charge in [-0.1, -0.05) is 37.7 Å². The van der Waals surface area contributed by atoms with Crippen LogP contribution in [0.15, 0.2) is 57.0 Å². The molecule has 0 saturated carbocycles. The molecule has 3 rings (SSSR count). The predicted octanol–water partition coefficient (Wildman–Crippen LogP) is 2.59. The molecule has 29 heavy (non-hydrogen) atoms. The first-order valence-corrected chi connectivity index (χ1v) is 10.2. The van der Waals surface area contributed by atoms with Crippen molar-refractivity contribution in [3.8, 4) is 0 Å². The number of nitrogens with one attached hydrogen (secondary N) is 2. The lowest BCUT2D eigenvalue weighted by atomic mass is 10.1. The zero-order valence-electron chi connectivity index (χ0n) is 16.2. The van der Waals surface area contributed by atoms with Gasteiger partial charge in [0.05, 0.1) is 22.9 Å². The third-order valence-corrected chi connectivity index (χ3v) is 5.13. The molecule has 0 bridgehead atoms. The Morgan fingerprint density at radius 1 is 1.17 bits per heavy atom. The summed E-state index contributed by atoms with van der Waals surface area (Å²) in [7, 11) is 0. The SMILES string of the molecule is CC(C)CCn1c(SCC(=O)NNC(=O)c2ccco2)nc2ccccc2c1=O. The van der Waals surface area contributed by atoms with E-state index in [1.807, 2.05) is 6.07 Å². The summed E-state index contributed by atoms with van der Waals surface area (Å²) in [6, 6.07) is 10.2. The van der Waals surface area contributed by atoms with Crippen molar-refractivity contribution in [1.82, 2.24) is 20.4 Å². The minimum absolute atomic E-state index is 0.00903. The lowest BCUT2D eigenvalue weighted by Gasteiger charge is -2.14. The van der Waals surface area contributed by atoms with E-state index in [0.29, 0.717) is 28.5 Å². The number of para-hydroxylation sites is 1. The first kappa shape index (κ1) is 20.7. The highest BCUT2D eigenvalue weighted by atomic mass is 32.2. The summed E-state index contributed by atoms with van der Waals surface area (Å²) in [5.74, 6) is -0.466. The van der Waals surface area contributed by atoms with Crippen molar-refractivity contribution in [2.45, 2.75) is 32.0 Å². The van der Waals surface area contributed by atoms with Gasteiger partial charge in [-0.25, -0.2) is 4.98 Å². The fourth-order valence-corrected chi connectivity index (χ4v) is 3.43. The topological polar surface area (TPSA) is 106 Å². The third kappa shape index (κ3) is 5.26. The minimum Gasteiger partial charge on any atom is -0.459 e. The maximum Gasteiger partial charge on any atom is 0.305 e. The summed E-state index contributed by atoms with van der Waals surface area (Å²) in [6.45, 7) is 4.69. The van der Waals surface area contributed by atoms with Gasteiger partial charge in [0.2, 0.25) is 5.91 Å². The van der Waals surface area contributed by atoms with Crippen LogP contribution in [0.25, 0.3) is 10.9 Å². The quantitative estimate of drug-likeness (QED) is 0.350. The molecule has 0 spiro atoms. The van der Waals surface area contributed by atoms with Crippen LogP contribution in [0, 0.1) is 5.92 Å². The van der Waals surface area contributed by atoms with E-state index in [-0.39, 0.29) is 17.1 Å². The summed E-state index contributed by atoms with van der Waals surface area (Å²) in [5.41, 5.74) is 5.08. The Hall–Kier alpha value is -3.07. The summed E-state index contributed by atoms with van der Waals surface area (Å²) < 4.78 is 6.57. The molecule has 2 N–H and O–H groups in total. The number of thioether (sulfide) groups is 1. The molecule has 0 aliphatic rings. The van der Waals surface area contributed by atoms with Crippen LogP contribution in [0.4, 0.5) is 0 Å². The predicted molar refractivity (Wildman–Crippen MR) is 110 cm³/mol. The van der Waals surface area contributed by atoms with E-state index >= 15 is 0 Å². The number of aromatic nitrogens is 2. The second kappa shape index (κ2) is 9.42. The van der Waals surface area contributed by atoms with Gasteiger partial charge in [0, 0.05) is 6.54 Å². The van der Waals surface area contributed by atoms with E-state index in [9.17, 15) is 14.4 Å². The van der Waals surface area contributed by atoms with E-state index in [4.69, 9.17) is 4.42 Å². The number of hydrogen-bond donors (Lipinski definition) is 2. The van der Waals surface area contributed by atoms with Crippen molar-refractivity contribution >= 4 is 34.5 Å². The molecular weight excluding hydrogens is 392 g/mol. The molecule has 152 valence electrons.